The summed E-state index contributed by atoms with van der Waals surface area (Å²) in [5, 5.41) is 3.54. The van der Waals surface area contributed by atoms with Crippen LogP contribution in [0.4, 0.5) is 11.4 Å². The highest BCUT2D eigenvalue weighted by Gasteiger charge is 2.15. The second-order valence-corrected chi connectivity index (χ2v) is 7.43. The minimum absolute atomic E-state index is 0.824. The average Bonchev–Trinajstić information content (AvgIpc) is 2.72. The first-order chi connectivity index (χ1) is 13.4. The van der Waals surface area contributed by atoms with E-state index in [1.165, 1.54) is 49.8 Å². The molecule has 2 aromatic carbocycles. The molecule has 1 heterocycles. The van der Waals surface area contributed by atoms with Crippen LogP contribution in [-0.4, -0.2) is 26.2 Å². The molecule has 1 aliphatic rings. The molecule has 0 aliphatic carbocycles. The predicted octanol–water partition coefficient (Wildman–Crippen LogP) is 5.90. The van der Waals surface area contributed by atoms with Crippen molar-refractivity contribution in [3.05, 3.63) is 54.1 Å². The van der Waals surface area contributed by atoms with Crippen molar-refractivity contribution in [1.29, 1.82) is 0 Å². The maximum absolute atomic E-state index is 5.84. The Kier molecular flexibility index (Phi) is 7.88. The molecule has 0 atom stereocenters. The molecular weight excluding hydrogens is 332 g/mol. The van der Waals surface area contributed by atoms with Gasteiger partial charge in [0.15, 0.2) is 0 Å². The number of anilines is 2. The monoisotopic (exact) mass is 366 g/mol. The van der Waals surface area contributed by atoms with Crippen LogP contribution in [0.5, 0.6) is 5.75 Å². The van der Waals surface area contributed by atoms with Crippen molar-refractivity contribution < 1.29 is 4.74 Å². The maximum Gasteiger partial charge on any atom is 0.119 e. The number of unbranched alkanes of at least 4 members (excludes halogenated alkanes) is 4. The Balaban J connectivity index is 1.37. The van der Waals surface area contributed by atoms with E-state index in [-0.39, 0.29) is 0 Å². The van der Waals surface area contributed by atoms with Crippen molar-refractivity contribution >= 4 is 11.4 Å². The SMILES string of the molecule is CCCCCCCOc1ccc(NCCN2CCCc3ccccc32)cc1. The number of aryl methyl sites for hydroxylation is 1. The molecule has 146 valence electrons. The van der Waals surface area contributed by atoms with Gasteiger partial charge >= 0.3 is 0 Å². The number of para-hydroxylation sites is 1. The third kappa shape index (κ3) is 6.20. The van der Waals surface area contributed by atoms with Gasteiger partial charge in [-0.05, 0) is 55.2 Å². The maximum atomic E-state index is 5.84. The molecule has 3 nitrogen and oxygen atoms in total. The number of ether oxygens (including phenoxy) is 1. The van der Waals surface area contributed by atoms with Crippen molar-refractivity contribution in [3.8, 4) is 5.75 Å². The summed E-state index contributed by atoms with van der Waals surface area (Å²) in [7, 11) is 0. The minimum Gasteiger partial charge on any atom is -0.494 e. The van der Waals surface area contributed by atoms with Gasteiger partial charge in [0, 0.05) is 31.0 Å². The Morgan fingerprint density at radius 3 is 2.63 bits per heavy atom. The van der Waals surface area contributed by atoms with Gasteiger partial charge in [0.25, 0.3) is 0 Å². The number of rotatable bonds is 11. The number of benzene rings is 2. The number of fused-ring (bicyclic) bond motifs is 1. The van der Waals surface area contributed by atoms with Gasteiger partial charge in [-0.2, -0.15) is 0 Å². The van der Waals surface area contributed by atoms with Gasteiger partial charge in [0.05, 0.1) is 6.61 Å². The van der Waals surface area contributed by atoms with Gasteiger partial charge in [-0.15, -0.1) is 0 Å². The highest BCUT2D eigenvalue weighted by Crippen LogP contribution is 2.26. The highest BCUT2D eigenvalue weighted by molar-refractivity contribution is 5.55. The Morgan fingerprint density at radius 1 is 0.963 bits per heavy atom. The molecular formula is C24H34N2O. The van der Waals surface area contributed by atoms with Gasteiger partial charge in [-0.25, -0.2) is 0 Å². The van der Waals surface area contributed by atoms with Gasteiger partial charge in [0.1, 0.15) is 5.75 Å². The van der Waals surface area contributed by atoms with E-state index in [9.17, 15) is 0 Å². The zero-order valence-electron chi connectivity index (χ0n) is 16.8. The quantitative estimate of drug-likeness (QED) is 0.501. The zero-order chi connectivity index (χ0) is 18.7. The van der Waals surface area contributed by atoms with Gasteiger partial charge in [-0.3, -0.25) is 0 Å². The predicted molar refractivity (Wildman–Crippen MR) is 116 cm³/mol. The molecule has 0 aromatic heterocycles. The number of hydrogen-bond donors (Lipinski definition) is 1. The van der Waals surface area contributed by atoms with Crippen LogP contribution < -0.4 is 15.0 Å². The van der Waals surface area contributed by atoms with Crippen molar-refractivity contribution in [1.82, 2.24) is 0 Å². The molecule has 0 unspecified atom stereocenters. The fourth-order valence-electron chi connectivity index (χ4n) is 3.74. The molecule has 0 radical (unpaired) electrons. The molecule has 0 bridgehead atoms. The van der Waals surface area contributed by atoms with Crippen LogP contribution in [0.1, 0.15) is 51.0 Å². The van der Waals surface area contributed by atoms with Crippen LogP contribution in [0, 0.1) is 0 Å². The lowest BCUT2D eigenvalue weighted by Crippen LogP contribution is -2.33. The van der Waals surface area contributed by atoms with E-state index in [1.54, 1.807) is 0 Å². The van der Waals surface area contributed by atoms with Crippen LogP contribution in [-0.2, 0) is 6.42 Å². The summed E-state index contributed by atoms with van der Waals surface area (Å²) in [6.45, 7) is 6.21. The minimum atomic E-state index is 0.824. The summed E-state index contributed by atoms with van der Waals surface area (Å²) in [6, 6.07) is 17.2. The van der Waals surface area contributed by atoms with E-state index in [0.717, 1.165) is 44.1 Å². The second kappa shape index (κ2) is 10.9. The standard InChI is InChI=1S/C24H34N2O/c1-2-3-4-5-8-20-27-23-15-13-22(14-16-23)25-17-19-26-18-9-11-21-10-6-7-12-24(21)26/h6-7,10,12-16,25H,2-5,8-9,11,17-20H2,1H3. The zero-order valence-corrected chi connectivity index (χ0v) is 16.8. The summed E-state index contributed by atoms with van der Waals surface area (Å²) >= 11 is 0. The molecule has 1 aliphatic heterocycles. The van der Waals surface area contributed by atoms with E-state index in [1.807, 2.05) is 0 Å². The van der Waals surface area contributed by atoms with Crippen LogP contribution in [0.2, 0.25) is 0 Å². The van der Waals surface area contributed by atoms with E-state index in [4.69, 9.17) is 4.74 Å². The molecule has 0 amide bonds. The smallest absolute Gasteiger partial charge is 0.119 e. The Labute approximate surface area is 164 Å². The molecule has 3 heteroatoms. The molecule has 0 fully saturated rings. The molecule has 0 spiro atoms. The van der Waals surface area contributed by atoms with E-state index in [0.29, 0.717) is 0 Å². The molecule has 1 N–H and O–H groups in total. The Morgan fingerprint density at radius 2 is 1.78 bits per heavy atom. The first kappa shape index (κ1) is 19.6. The third-order valence-corrected chi connectivity index (χ3v) is 5.29. The van der Waals surface area contributed by atoms with Crippen molar-refractivity contribution in [2.45, 2.75) is 51.9 Å². The van der Waals surface area contributed by atoms with Crippen molar-refractivity contribution in [2.24, 2.45) is 0 Å². The number of hydrogen-bond acceptors (Lipinski definition) is 3. The third-order valence-electron chi connectivity index (χ3n) is 5.29. The fraction of sp³-hybridized carbons (Fsp3) is 0.500. The lowest BCUT2D eigenvalue weighted by molar-refractivity contribution is 0.304. The van der Waals surface area contributed by atoms with Gasteiger partial charge in [-0.1, -0.05) is 50.8 Å². The average molecular weight is 367 g/mol. The topological polar surface area (TPSA) is 24.5 Å². The summed E-state index contributed by atoms with van der Waals surface area (Å²) in [6.07, 6.45) is 8.83. The van der Waals surface area contributed by atoms with Crippen molar-refractivity contribution in [3.63, 3.8) is 0 Å². The summed E-state index contributed by atoms with van der Waals surface area (Å²) in [5.41, 5.74) is 4.06. The Bertz CT molecular complexity index is 668. The second-order valence-electron chi connectivity index (χ2n) is 7.43. The molecule has 0 saturated carbocycles. The molecule has 27 heavy (non-hydrogen) atoms. The van der Waals surface area contributed by atoms with Gasteiger partial charge < -0.3 is 15.0 Å². The van der Waals surface area contributed by atoms with Crippen LogP contribution in [0.3, 0.4) is 0 Å². The van der Waals surface area contributed by atoms with E-state index in [2.05, 4.69) is 65.7 Å². The molecule has 2 aromatic rings. The van der Waals surface area contributed by atoms with E-state index >= 15 is 0 Å². The molecule has 0 saturated heterocycles. The van der Waals surface area contributed by atoms with Crippen LogP contribution in [0.25, 0.3) is 0 Å². The van der Waals surface area contributed by atoms with Crippen LogP contribution >= 0.6 is 0 Å². The normalized spacial score (nSPS) is 13.3. The van der Waals surface area contributed by atoms with E-state index < -0.39 is 0 Å². The largest absolute Gasteiger partial charge is 0.494 e. The first-order valence-electron chi connectivity index (χ1n) is 10.7. The first-order valence-corrected chi connectivity index (χ1v) is 10.7. The number of nitrogens with zero attached hydrogens (tertiary/aromatic N) is 1. The Hall–Kier alpha value is -2.16. The van der Waals surface area contributed by atoms with Gasteiger partial charge in [0.2, 0.25) is 0 Å². The highest BCUT2D eigenvalue weighted by atomic mass is 16.5. The lowest BCUT2D eigenvalue weighted by atomic mass is 10.0. The molecule has 3 rings (SSSR count). The lowest BCUT2D eigenvalue weighted by Gasteiger charge is -2.31. The summed E-state index contributed by atoms with van der Waals surface area (Å²) in [5.74, 6) is 0.973. The van der Waals surface area contributed by atoms with Crippen LogP contribution in [0.15, 0.2) is 48.5 Å². The van der Waals surface area contributed by atoms with Crippen molar-refractivity contribution in [2.75, 3.05) is 36.5 Å². The fourth-order valence-corrected chi connectivity index (χ4v) is 3.74. The summed E-state index contributed by atoms with van der Waals surface area (Å²) < 4.78 is 5.84. The summed E-state index contributed by atoms with van der Waals surface area (Å²) in [4.78, 5) is 2.50. The number of nitrogens with one attached hydrogen (secondary N) is 1.